The Balaban J connectivity index is 2.30. The molecule has 2 heteroatoms. The van der Waals surface area contributed by atoms with Crippen molar-refractivity contribution in [1.82, 2.24) is 5.32 Å². The summed E-state index contributed by atoms with van der Waals surface area (Å²) in [6.45, 7) is 8.97. The Bertz CT molecular complexity index is 382. The molecule has 0 bridgehead atoms. The summed E-state index contributed by atoms with van der Waals surface area (Å²) >= 11 is 0. The molecular formula is C17H25NO. The SMILES string of the molecule is C=CC(NCCC)C1(c2ccccc2)CCOCC1. The van der Waals surface area contributed by atoms with Gasteiger partial charge in [0.05, 0.1) is 0 Å². The van der Waals surface area contributed by atoms with E-state index < -0.39 is 0 Å². The molecule has 0 aromatic heterocycles. The van der Waals surface area contributed by atoms with Gasteiger partial charge in [0, 0.05) is 24.7 Å². The van der Waals surface area contributed by atoms with E-state index in [1.807, 2.05) is 0 Å². The second-order valence-corrected chi connectivity index (χ2v) is 5.30. The van der Waals surface area contributed by atoms with Crippen molar-refractivity contribution in [2.75, 3.05) is 19.8 Å². The molecule has 1 saturated heterocycles. The summed E-state index contributed by atoms with van der Waals surface area (Å²) in [4.78, 5) is 0. The first-order valence-corrected chi connectivity index (χ1v) is 7.32. The zero-order chi connectivity index (χ0) is 13.6. The Morgan fingerprint density at radius 2 is 2.00 bits per heavy atom. The fourth-order valence-electron chi connectivity index (χ4n) is 3.09. The van der Waals surface area contributed by atoms with Crippen molar-refractivity contribution in [1.29, 1.82) is 0 Å². The van der Waals surface area contributed by atoms with Crippen LogP contribution in [-0.2, 0) is 10.2 Å². The Morgan fingerprint density at radius 3 is 2.58 bits per heavy atom. The third kappa shape index (κ3) is 3.07. The zero-order valence-corrected chi connectivity index (χ0v) is 11.9. The molecule has 0 saturated carbocycles. The third-order valence-electron chi connectivity index (χ3n) is 4.18. The highest BCUT2D eigenvalue weighted by molar-refractivity contribution is 5.30. The highest BCUT2D eigenvalue weighted by atomic mass is 16.5. The van der Waals surface area contributed by atoms with Gasteiger partial charge in [0.2, 0.25) is 0 Å². The van der Waals surface area contributed by atoms with Crippen LogP contribution in [-0.4, -0.2) is 25.8 Å². The van der Waals surface area contributed by atoms with Crippen LogP contribution in [0.1, 0.15) is 31.7 Å². The molecule has 1 aromatic rings. The van der Waals surface area contributed by atoms with Crippen molar-refractivity contribution in [2.24, 2.45) is 0 Å². The summed E-state index contributed by atoms with van der Waals surface area (Å²) in [5.41, 5.74) is 1.54. The second-order valence-electron chi connectivity index (χ2n) is 5.30. The highest BCUT2D eigenvalue weighted by Gasteiger charge is 2.40. The molecule has 1 unspecified atom stereocenters. The lowest BCUT2D eigenvalue weighted by Crippen LogP contribution is -2.50. The molecule has 1 aliphatic heterocycles. The molecule has 1 aliphatic rings. The number of hydrogen-bond donors (Lipinski definition) is 1. The number of rotatable bonds is 6. The van der Waals surface area contributed by atoms with Crippen LogP contribution in [0, 0.1) is 0 Å². The fourth-order valence-corrected chi connectivity index (χ4v) is 3.09. The molecular weight excluding hydrogens is 234 g/mol. The number of hydrogen-bond acceptors (Lipinski definition) is 2. The van der Waals surface area contributed by atoms with Crippen LogP contribution < -0.4 is 5.32 Å². The maximum atomic E-state index is 5.58. The molecule has 2 nitrogen and oxygen atoms in total. The van der Waals surface area contributed by atoms with Crippen molar-refractivity contribution in [3.8, 4) is 0 Å². The number of nitrogens with one attached hydrogen (secondary N) is 1. The van der Waals surface area contributed by atoms with E-state index in [2.05, 4.69) is 55.2 Å². The Kier molecular flexibility index (Phi) is 5.17. The lowest BCUT2D eigenvalue weighted by Gasteiger charge is -2.43. The van der Waals surface area contributed by atoms with Gasteiger partial charge in [-0.15, -0.1) is 6.58 Å². The quantitative estimate of drug-likeness (QED) is 0.792. The van der Waals surface area contributed by atoms with Gasteiger partial charge >= 0.3 is 0 Å². The van der Waals surface area contributed by atoms with E-state index in [-0.39, 0.29) is 5.41 Å². The molecule has 1 atom stereocenters. The summed E-state index contributed by atoms with van der Waals surface area (Å²) in [7, 11) is 0. The van der Waals surface area contributed by atoms with Gasteiger partial charge in [-0.25, -0.2) is 0 Å². The minimum absolute atomic E-state index is 0.135. The van der Waals surface area contributed by atoms with E-state index in [9.17, 15) is 0 Å². The van der Waals surface area contributed by atoms with Crippen LogP contribution in [0.4, 0.5) is 0 Å². The molecule has 104 valence electrons. The predicted molar refractivity (Wildman–Crippen MR) is 80.5 cm³/mol. The first kappa shape index (κ1) is 14.3. The summed E-state index contributed by atoms with van der Waals surface area (Å²) in [6, 6.07) is 11.2. The van der Waals surface area contributed by atoms with Gasteiger partial charge in [-0.2, -0.15) is 0 Å². The Morgan fingerprint density at radius 1 is 1.32 bits per heavy atom. The van der Waals surface area contributed by atoms with Crippen molar-refractivity contribution >= 4 is 0 Å². The zero-order valence-electron chi connectivity index (χ0n) is 11.9. The Labute approximate surface area is 116 Å². The average Bonchev–Trinajstić information content (AvgIpc) is 2.50. The van der Waals surface area contributed by atoms with E-state index in [0.29, 0.717) is 6.04 Å². The highest BCUT2D eigenvalue weighted by Crippen LogP contribution is 2.38. The van der Waals surface area contributed by atoms with E-state index in [4.69, 9.17) is 4.74 Å². The standard InChI is InChI=1S/C17H25NO/c1-3-12-18-16(4-2)17(10-13-19-14-11-17)15-8-6-5-7-9-15/h4-9,16,18H,2-3,10-14H2,1H3. The van der Waals surface area contributed by atoms with Gasteiger partial charge in [-0.05, 0) is 31.4 Å². The molecule has 0 aliphatic carbocycles. The lowest BCUT2D eigenvalue weighted by atomic mass is 9.68. The lowest BCUT2D eigenvalue weighted by molar-refractivity contribution is 0.0410. The smallest absolute Gasteiger partial charge is 0.0475 e. The molecule has 0 amide bonds. The van der Waals surface area contributed by atoms with Gasteiger partial charge in [0.25, 0.3) is 0 Å². The van der Waals surface area contributed by atoms with Gasteiger partial charge in [-0.1, -0.05) is 43.3 Å². The first-order valence-electron chi connectivity index (χ1n) is 7.32. The van der Waals surface area contributed by atoms with Crippen LogP contribution >= 0.6 is 0 Å². The van der Waals surface area contributed by atoms with Gasteiger partial charge in [0.1, 0.15) is 0 Å². The summed E-state index contributed by atoms with van der Waals surface area (Å²) in [5, 5.41) is 3.65. The molecule has 1 heterocycles. The van der Waals surface area contributed by atoms with E-state index in [1.165, 1.54) is 5.56 Å². The molecule has 1 N–H and O–H groups in total. The van der Waals surface area contributed by atoms with Gasteiger partial charge < -0.3 is 10.1 Å². The van der Waals surface area contributed by atoms with Crippen molar-refractivity contribution in [3.05, 3.63) is 48.6 Å². The van der Waals surface area contributed by atoms with Crippen LogP contribution in [0.25, 0.3) is 0 Å². The minimum atomic E-state index is 0.135. The molecule has 1 fully saturated rings. The fraction of sp³-hybridized carbons (Fsp3) is 0.529. The molecule has 1 aromatic carbocycles. The largest absolute Gasteiger partial charge is 0.381 e. The van der Waals surface area contributed by atoms with E-state index >= 15 is 0 Å². The predicted octanol–water partition coefficient (Wildman–Crippen LogP) is 3.29. The molecule has 2 rings (SSSR count). The summed E-state index contributed by atoms with van der Waals surface area (Å²) < 4.78 is 5.58. The Hall–Kier alpha value is -1.12. The summed E-state index contributed by atoms with van der Waals surface area (Å²) in [5.74, 6) is 0. The number of benzene rings is 1. The van der Waals surface area contributed by atoms with Crippen molar-refractivity contribution < 1.29 is 4.74 Å². The van der Waals surface area contributed by atoms with E-state index in [1.54, 1.807) is 0 Å². The summed E-state index contributed by atoms with van der Waals surface area (Å²) in [6.07, 6.45) is 5.34. The maximum Gasteiger partial charge on any atom is 0.0475 e. The minimum Gasteiger partial charge on any atom is -0.381 e. The van der Waals surface area contributed by atoms with Crippen molar-refractivity contribution in [3.63, 3.8) is 0 Å². The second kappa shape index (κ2) is 6.88. The first-order chi connectivity index (χ1) is 9.33. The number of ether oxygens (including phenoxy) is 1. The van der Waals surface area contributed by atoms with Gasteiger partial charge in [-0.3, -0.25) is 0 Å². The van der Waals surface area contributed by atoms with Crippen LogP contribution in [0.3, 0.4) is 0 Å². The third-order valence-corrected chi connectivity index (χ3v) is 4.18. The molecule has 0 spiro atoms. The van der Waals surface area contributed by atoms with Crippen LogP contribution in [0.2, 0.25) is 0 Å². The average molecular weight is 259 g/mol. The molecule has 19 heavy (non-hydrogen) atoms. The topological polar surface area (TPSA) is 21.3 Å². The van der Waals surface area contributed by atoms with Gasteiger partial charge in [0.15, 0.2) is 0 Å². The maximum absolute atomic E-state index is 5.58. The van der Waals surface area contributed by atoms with Crippen LogP contribution in [0.15, 0.2) is 43.0 Å². The van der Waals surface area contributed by atoms with Crippen LogP contribution in [0.5, 0.6) is 0 Å². The van der Waals surface area contributed by atoms with Crippen molar-refractivity contribution in [2.45, 2.75) is 37.6 Å². The normalized spacial score (nSPS) is 19.8. The van der Waals surface area contributed by atoms with E-state index in [0.717, 1.165) is 39.0 Å². The molecule has 0 radical (unpaired) electrons. The monoisotopic (exact) mass is 259 g/mol.